The van der Waals surface area contributed by atoms with Crippen LogP contribution >= 0.6 is 23.2 Å². The number of hydrogen-bond donors (Lipinski definition) is 1. The molecular weight excluding hydrogens is 271 g/mol. The third kappa shape index (κ3) is 2.80. The fourth-order valence-corrected chi connectivity index (χ4v) is 3.20. The largest absolute Gasteiger partial charge is 0.395 e. The van der Waals surface area contributed by atoms with Crippen LogP contribution in [0, 0.1) is 12.8 Å². The Kier molecular flexibility index (Phi) is 4.49. The lowest BCUT2D eigenvalue weighted by Crippen LogP contribution is -2.34. The Balaban J connectivity index is 2.19. The zero-order valence-electron chi connectivity index (χ0n) is 10.7. The van der Waals surface area contributed by atoms with Crippen LogP contribution in [0.3, 0.4) is 0 Å². The molecule has 2 atom stereocenters. The maximum Gasteiger partial charge on any atom is 0.135 e. The summed E-state index contributed by atoms with van der Waals surface area (Å²) in [5, 5.41) is 10.6. The second kappa shape index (κ2) is 5.74. The molecule has 0 aromatic carbocycles. The minimum Gasteiger partial charge on any atom is -0.395 e. The summed E-state index contributed by atoms with van der Waals surface area (Å²) in [7, 11) is 0. The Bertz CT molecular complexity index is 416. The number of aliphatic hydroxyl groups excluding tert-OH is 1. The minimum absolute atomic E-state index is 0.176. The first-order valence-electron chi connectivity index (χ1n) is 6.19. The first-order valence-corrected chi connectivity index (χ1v) is 6.95. The number of aliphatic hydroxyl groups is 1. The number of pyridine rings is 1. The van der Waals surface area contributed by atoms with Crippen molar-refractivity contribution in [1.29, 1.82) is 0 Å². The summed E-state index contributed by atoms with van der Waals surface area (Å²) in [6.45, 7) is 5.83. The van der Waals surface area contributed by atoms with E-state index in [4.69, 9.17) is 23.2 Å². The standard InChI is InChI=1S/C13H18Cl2N2O/c1-8-3-4-17(12(8)7-18)6-10-11(14)5-9(2)16-13(10)15/h5,8,12,18H,3-4,6-7H2,1-2H3. The highest BCUT2D eigenvalue weighted by Gasteiger charge is 2.31. The van der Waals surface area contributed by atoms with E-state index in [9.17, 15) is 5.11 Å². The Hall–Kier alpha value is -0.350. The normalized spacial score (nSPS) is 24.7. The highest BCUT2D eigenvalue weighted by molar-refractivity contribution is 6.35. The maximum atomic E-state index is 9.44. The second-order valence-electron chi connectivity index (χ2n) is 5.00. The van der Waals surface area contributed by atoms with Crippen LogP contribution in [0.25, 0.3) is 0 Å². The zero-order valence-corrected chi connectivity index (χ0v) is 12.2. The van der Waals surface area contributed by atoms with E-state index in [0.29, 0.717) is 22.6 Å². The molecule has 0 aliphatic carbocycles. The van der Waals surface area contributed by atoms with Gasteiger partial charge in [-0.1, -0.05) is 30.1 Å². The molecule has 1 saturated heterocycles. The summed E-state index contributed by atoms with van der Waals surface area (Å²) in [6.07, 6.45) is 1.10. The van der Waals surface area contributed by atoms with Gasteiger partial charge in [0.05, 0.1) is 6.61 Å². The predicted octanol–water partition coefficient (Wildman–Crippen LogP) is 2.90. The Morgan fingerprint density at radius 1 is 1.50 bits per heavy atom. The molecule has 100 valence electrons. The summed E-state index contributed by atoms with van der Waals surface area (Å²) in [5.41, 5.74) is 1.68. The molecule has 0 radical (unpaired) electrons. The number of rotatable bonds is 3. The molecule has 2 unspecified atom stereocenters. The smallest absolute Gasteiger partial charge is 0.135 e. The molecule has 1 fully saturated rings. The van der Waals surface area contributed by atoms with Crippen molar-refractivity contribution in [3.05, 3.63) is 27.5 Å². The van der Waals surface area contributed by atoms with Gasteiger partial charge in [0.15, 0.2) is 0 Å². The van der Waals surface area contributed by atoms with Crippen molar-refractivity contribution < 1.29 is 5.11 Å². The molecule has 0 saturated carbocycles. The van der Waals surface area contributed by atoms with Crippen molar-refractivity contribution in [2.45, 2.75) is 32.9 Å². The molecule has 2 heterocycles. The van der Waals surface area contributed by atoms with Crippen LogP contribution in [-0.2, 0) is 6.54 Å². The van der Waals surface area contributed by atoms with Gasteiger partial charge in [-0.3, -0.25) is 4.90 Å². The molecular formula is C13H18Cl2N2O. The summed E-state index contributed by atoms with van der Waals surface area (Å²) < 4.78 is 0. The molecule has 18 heavy (non-hydrogen) atoms. The lowest BCUT2D eigenvalue weighted by Gasteiger charge is -2.25. The number of nitrogens with zero attached hydrogens (tertiary/aromatic N) is 2. The first-order chi connectivity index (χ1) is 8.52. The third-order valence-electron chi connectivity index (χ3n) is 3.69. The SMILES string of the molecule is Cc1cc(Cl)c(CN2CCC(C)C2CO)c(Cl)n1. The summed E-state index contributed by atoms with van der Waals surface area (Å²) in [4.78, 5) is 6.47. The van der Waals surface area contributed by atoms with Gasteiger partial charge in [-0.15, -0.1) is 0 Å². The van der Waals surface area contributed by atoms with Crippen molar-refractivity contribution in [3.63, 3.8) is 0 Å². The fourth-order valence-electron chi connectivity index (χ4n) is 2.55. The number of halogens is 2. The Morgan fingerprint density at radius 2 is 2.22 bits per heavy atom. The van der Waals surface area contributed by atoms with Crippen molar-refractivity contribution in [3.8, 4) is 0 Å². The average molecular weight is 289 g/mol. The zero-order chi connectivity index (χ0) is 13.3. The summed E-state index contributed by atoms with van der Waals surface area (Å²) in [5.74, 6) is 0.506. The first kappa shape index (κ1) is 14.1. The van der Waals surface area contributed by atoms with Gasteiger partial charge in [0.1, 0.15) is 5.15 Å². The van der Waals surface area contributed by atoms with E-state index >= 15 is 0 Å². The molecule has 0 amide bonds. The van der Waals surface area contributed by atoms with E-state index in [2.05, 4.69) is 16.8 Å². The van der Waals surface area contributed by atoms with Gasteiger partial charge >= 0.3 is 0 Å². The minimum atomic E-state index is 0.176. The predicted molar refractivity (Wildman–Crippen MR) is 74.1 cm³/mol. The lowest BCUT2D eigenvalue weighted by molar-refractivity contribution is 0.134. The van der Waals surface area contributed by atoms with Gasteiger partial charge in [0, 0.05) is 28.9 Å². The van der Waals surface area contributed by atoms with E-state index < -0.39 is 0 Å². The summed E-state index contributed by atoms with van der Waals surface area (Å²) >= 11 is 12.4. The van der Waals surface area contributed by atoms with E-state index in [1.165, 1.54) is 0 Å². The highest BCUT2D eigenvalue weighted by Crippen LogP contribution is 2.30. The van der Waals surface area contributed by atoms with Crippen LogP contribution in [0.5, 0.6) is 0 Å². The van der Waals surface area contributed by atoms with Gasteiger partial charge in [0.25, 0.3) is 0 Å². The van der Waals surface area contributed by atoms with Gasteiger partial charge < -0.3 is 5.11 Å². The third-order valence-corrected chi connectivity index (χ3v) is 4.34. The van der Waals surface area contributed by atoms with Gasteiger partial charge in [-0.2, -0.15) is 0 Å². The molecule has 2 rings (SSSR count). The van der Waals surface area contributed by atoms with Gasteiger partial charge in [-0.25, -0.2) is 4.98 Å². The number of aryl methyl sites for hydroxylation is 1. The van der Waals surface area contributed by atoms with Crippen molar-refractivity contribution in [1.82, 2.24) is 9.88 Å². The molecule has 0 spiro atoms. The van der Waals surface area contributed by atoms with Crippen molar-refractivity contribution in [2.75, 3.05) is 13.2 Å². The van der Waals surface area contributed by atoms with Gasteiger partial charge in [-0.05, 0) is 31.9 Å². The average Bonchev–Trinajstić information content (AvgIpc) is 2.64. The van der Waals surface area contributed by atoms with Crippen molar-refractivity contribution >= 4 is 23.2 Å². The van der Waals surface area contributed by atoms with Crippen LogP contribution in [0.15, 0.2) is 6.07 Å². The maximum absolute atomic E-state index is 9.44. The monoisotopic (exact) mass is 288 g/mol. The topological polar surface area (TPSA) is 36.4 Å². The second-order valence-corrected chi connectivity index (χ2v) is 5.77. The fraction of sp³-hybridized carbons (Fsp3) is 0.615. The van der Waals surface area contributed by atoms with E-state index in [1.807, 2.05) is 13.0 Å². The molecule has 1 aromatic heterocycles. The summed E-state index contributed by atoms with van der Waals surface area (Å²) in [6, 6.07) is 2.02. The molecule has 1 aromatic rings. The van der Waals surface area contributed by atoms with Crippen LogP contribution in [0.4, 0.5) is 0 Å². The van der Waals surface area contributed by atoms with E-state index in [1.54, 1.807) is 0 Å². The highest BCUT2D eigenvalue weighted by atomic mass is 35.5. The van der Waals surface area contributed by atoms with Gasteiger partial charge in [0.2, 0.25) is 0 Å². The number of hydrogen-bond acceptors (Lipinski definition) is 3. The molecule has 3 nitrogen and oxygen atoms in total. The molecule has 1 N–H and O–H groups in total. The van der Waals surface area contributed by atoms with Crippen LogP contribution in [-0.4, -0.2) is 34.2 Å². The number of likely N-dealkylation sites (tertiary alicyclic amines) is 1. The Labute approximate surface area is 118 Å². The quantitative estimate of drug-likeness (QED) is 0.869. The molecule has 5 heteroatoms. The number of aromatic nitrogens is 1. The molecule has 1 aliphatic rings. The van der Waals surface area contributed by atoms with E-state index in [0.717, 1.165) is 24.2 Å². The van der Waals surface area contributed by atoms with E-state index in [-0.39, 0.29) is 12.6 Å². The van der Waals surface area contributed by atoms with Crippen molar-refractivity contribution in [2.24, 2.45) is 5.92 Å². The lowest BCUT2D eigenvalue weighted by atomic mass is 10.0. The Morgan fingerprint density at radius 3 is 2.83 bits per heavy atom. The van der Waals surface area contributed by atoms with Crippen LogP contribution in [0.2, 0.25) is 10.2 Å². The van der Waals surface area contributed by atoms with Crippen LogP contribution < -0.4 is 0 Å². The molecule has 0 bridgehead atoms. The molecule has 1 aliphatic heterocycles. The van der Waals surface area contributed by atoms with Crippen LogP contribution in [0.1, 0.15) is 24.6 Å².